The largest absolute Gasteiger partial charge is 0.494 e. The van der Waals surface area contributed by atoms with E-state index in [1.54, 1.807) is 0 Å². The molecule has 0 bridgehead atoms. The molecule has 0 saturated heterocycles. The third kappa shape index (κ3) is 5.15. The molecule has 0 aliphatic carbocycles. The number of benzene rings is 1. The van der Waals surface area contributed by atoms with Crippen molar-refractivity contribution in [3.8, 4) is 5.75 Å². The Hall–Kier alpha value is -0.546. The minimum atomic E-state index is -1.28. The summed E-state index contributed by atoms with van der Waals surface area (Å²) in [5.74, 6) is 1.09. The van der Waals surface area contributed by atoms with Crippen LogP contribution in [-0.4, -0.2) is 22.8 Å². The monoisotopic (exact) mass is 294 g/mol. The maximum Gasteiger partial charge on any atom is 0.119 e. The lowest BCUT2D eigenvalue weighted by Crippen LogP contribution is -2.45. The Morgan fingerprint density at radius 1 is 0.842 bits per heavy atom. The van der Waals surface area contributed by atoms with Gasteiger partial charge in [0.05, 0.1) is 22.8 Å². The molecule has 1 aromatic rings. The minimum absolute atomic E-state index is 0.844. The van der Waals surface area contributed by atoms with Crippen LogP contribution in [0.1, 0.15) is 19.8 Å². The molecule has 1 rings (SSSR count). The van der Waals surface area contributed by atoms with Gasteiger partial charge in [0.2, 0.25) is 0 Å². The van der Waals surface area contributed by atoms with Crippen molar-refractivity contribution in [3.05, 3.63) is 18.2 Å². The van der Waals surface area contributed by atoms with E-state index in [0.717, 1.165) is 18.8 Å². The molecule has 0 fully saturated rings. The van der Waals surface area contributed by atoms with E-state index in [4.69, 9.17) is 4.74 Å². The fraction of sp³-hybridized carbons (Fsp3) is 0.625. The van der Waals surface area contributed by atoms with E-state index in [1.165, 1.54) is 16.8 Å². The Morgan fingerprint density at radius 3 is 1.68 bits per heavy atom. The average molecular weight is 295 g/mol. The van der Waals surface area contributed by atoms with Gasteiger partial charge in [-0.25, -0.2) is 0 Å². The normalized spacial score (nSPS) is 12.6. The van der Waals surface area contributed by atoms with Crippen LogP contribution in [0, 0.1) is 0 Å². The molecule has 0 saturated carbocycles. The lowest BCUT2D eigenvalue weighted by atomic mass is 10.3. The smallest absolute Gasteiger partial charge is 0.119 e. The van der Waals surface area contributed by atoms with Crippen LogP contribution in [-0.2, 0) is 0 Å². The Balaban J connectivity index is 3.10. The topological polar surface area (TPSA) is 9.23 Å². The van der Waals surface area contributed by atoms with Crippen LogP contribution < -0.4 is 15.1 Å². The van der Waals surface area contributed by atoms with Crippen LogP contribution >= 0.6 is 0 Å². The fourth-order valence-corrected chi connectivity index (χ4v) is 4.35. The van der Waals surface area contributed by atoms with E-state index in [-0.39, 0.29) is 0 Å². The van der Waals surface area contributed by atoms with Crippen LogP contribution in [0.25, 0.3) is 0 Å². The van der Waals surface area contributed by atoms with Gasteiger partial charge >= 0.3 is 0 Å². The van der Waals surface area contributed by atoms with Gasteiger partial charge < -0.3 is 4.74 Å². The second kappa shape index (κ2) is 6.27. The molecule has 0 aliphatic rings. The van der Waals surface area contributed by atoms with Crippen molar-refractivity contribution in [3.63, 3.8) is 0 Å². The molecule has 0 spiro atoms. The lowest BCUT2D eigenvalue weighted by molar-refractivity contribution is 0.310. The summed E-state index contributed by atoms with van der Waals surface area (Å²) in [6, 6.07) is 7.02. The SMILES string of the molecule is CCCCOc1cc([Si](C)(C)C)cc([Si](C)(C)C)c1. The van der Waals surface area contributed by atoms with Crippen LogP contribution in [0.5, 0.6) is 5.75 Å². The van der Waals surface area contributed by atoms with Crippen molar-refractivity contribution in [2.75, 3.05) is 6.61 Å². The Labute approximate surface area is 121 Å². The van der Waals surface area contributed by atoms with Gasteiger partial charge in [-0.15, -0.1) is 0 Å². The van der Waals surface area contributed by atoms with Gasteiger partial charge in [-0.3, -0.25) is 0 Å². The average Bonchev–Trinajstić information content (AvgIpc) is 2.27. The second-order valence-electron chi connectivity index (χ2n) is 7.45. The highest BCUT2D eigenvalue weighted by Gasteiger charge is 2.23. The first-order valence-corrected chi connectivity index (χ1v) is 14.4. The third-order valence-electron chi connectivity index (χ3n) is 3.41. The van der Waals surface area contributed by atoms with Crippen molar-refractivity contribution < 1.29 is 4.74 Å². The van der Waals surface area contributed by atoms with Gasteiger partial charge in [0, 0.05) is 0 Å². The van der Waals surface area contributed by atoms with Crippen molar-refractivity contribution in [1.29, 1.82) is 0 Å². The zero-order chi connectivity index (χ0) is 14.7. The number of rotatable bonds is 6. The number of hydrogen-bond acceptors (Lipinski definition) is 1. The summed E-state index contributed by atoms with van der Waals surface area (Å²) in [7, 11) is -2.56. The molecule has 0 atom stereocenters. The number of hydrogen-bond donors (Lipinski definition) is 0. The first kappa shape index (κ1) is 16.5. The van der Waals surface area contributed by atoms with Crippen LogP contribution in [0.15, 0.2) is 18.2 Å². The third-order valence-corrected chi connectivity index (χ3v) is 7.45. The van der Waals surface area contributed by atoms with E-state index in [9.17, 15) is 0 Å². The first-order valence-electron chi connectivity index (χ1n) is 7.43. The summed E-state index contributed by atoms with van der Waals surface area (Å²) in [4.78, 5) is 0. The molecule has 1 nitrogen and oxygen atoms in total. The van der Waals surface area contributed by atoms with Crippen LogP contribution in [0.4, 0.5) is 0 Å². The first-order chi connectivity index (χ1) is 8.64. The van der Waals surface area contributed by atoms with E-state index >= 15 is 0 Å². The molecule has 0 amide bonds. The maximum absolute atomic E-state index is 5.96. The van der Waals surface area contributed by atoms with E-state index in [1.807, 2.05) is 0 Å². The molecule has 0 unspecified atom stereocenters. The van der Waals surface area contributed by atoms with Gasteiger partial charge in [-0.2, -0.15) is 0 Å². The highest BCUT2D eigenvalue weighted by atomic mass is 28.3. The van der Waals surface area contributed by atoms with Gasteiger partial charge in [0.1, 0.15) is 5.75 Å². The number of ether oxygens (including phenoxy) is 1. The molecule has 0 aliphatic heterocycles. The number of unbranched alkanes of at least 4 members (excludes halogenated alkanes) is 1. The summed E-state index contributed by atoms with van der Waals surface area (Å²) < 4.78 is 5.96. The van der Waals surface area contributed by atoms with Crippen LogP contribution in [0.2, 0.25) is 39.3 Å². The highest BCUT2D eigenvalue weighted by Crippen LogP contribution is 2.14. The maximum atomic E-state index is 5.96. The zero-order valence-electron chi connectivity index (χ0n) is 13.8. The predicted octanol–water partition coefficient (Wildman–Crippen LogP) is 3.96. The Kier molecular flexibility index (Phi) is 5.45. The minimum Gasteiger partial charge on any atom is -0.494 e. The molecule has 0 N–H and O–H groups in total. The van der Waals surface area contributed by atoms with Crippen molar-refractivity contribution in [2.24, 2.45) is 0 Å². The Bertz CT molecular complexity index is 381. The van der Waals surface area contributed by atoms with Crippen molar-refractivity contribution >= 4 is 26.5 Å². The molecule has 3 heteroatoms. The highest BCUT2D eigenvalue weighted by molar-refractivity contribution is 6.91. The van der Waals surface area contributed by atoms with Crippen LogP contribution in [0.3, 0.4) is 0 Å². The molecule has 1 aromatic carbocycles. The molecular weight excluding hydrogens is 264 g/mol. The Morgan fingerprint density at radius 2 is 1.32 bits per heavy atom. The van der Waals surface area contributed by atoms with Gasteiger partial charge in [-0.05, 0) is 18.6 Å². The molecule has 0 aromatic heterocycles. The molecule has 0 radical (unpaired) electrons. The van der Waals surface area contributed by atoms with Gasteiger partial charge in [0.15, 0.2) is 0 Å². The fourth-order valence-electron chi connectivity index (χ4n) is 1.88. The standard InChI is InChI=1S/C16H30OSi2/c1-8-9-10-17-14-11-15(18(2,3)4)13-16(12-14)19(5,6)7/h11-13H,8-10H2,1-7H3. The van der Waals surface area contributed by atoms with Gasteiger partial charge in [0.25, 0.3) is 0 Å². The zero-order valence-corrected chi connectivity index (χ0v) is 15.8. The summed E-state index contributed by atoms with van der Waals surface area (Å²) in [5.41, 5.74) is 0. The summed E-state index contributed by atoms with van der Waals surface area (Å²) in [5, 5.41) is 3.05. The van der Waals surface area contributed by atoms with E-state index in [0.29, 0.717) is 0 Å². The summed E-state index contributed by atoms with van der Waals surface area (Å²) in [6.45, 7) is 17.5. The predicted molar refractivity (Wildman–Crippen MR) is 92.8 cm³/mol. The molecule has 19 heavy (non-hydrogen) atoms. The summed E-state index contributed by atoms with van der Waals surface area (Å²) >= 11 is 0. The van der Waals surface area contributed by atoms with E-state index in [2.05, 4.69) is 64.4 Å². The molecule has 108 valence electrons. The van der Waals surface area contributed by atoms with Crippen molar-refractivity contribution in [1.82, 2.24) is 0 Å². The van der Waals surface area contributed by atoms with E-state index < -0.39 is 16.1 Å². The molecular formula is C16H30OSi2. The van der Waals surface area contributed by atoms with Crippen molar-refractivity contribution in [2.45, 2.75) is 59.0 Å². The lowest BCUT2D eigenvalue weighted by Gasteiger charge is -2.24. The second-order valence-corrected chi connectivity index (χ2v) is 17.6. The molecule has 0 heterocycles. The summed E-state index contributed by atoms with van der Waals surface area (Å²) in [6.07, 6.45) is 2.33. The quantitative estimate of drug-likeness (QED) is 0.570. The van der Waals surface area contributed by atoms with Gasteiger partial charge in [-0.1, -0.05) is 69.1 Å².